The van der Waals surface area contributed by atoms with Gasteiger partial charge in [-0.1, -0.05) is 6.07 Å². The van der Waals surface area contributed by atoms with Crippen molar-refractivity contribution in [3.63, 3.8) is 0 Å². The average Bonchev–Trinajstić information content (AvgIpc) is 2.16. The van der Waals surface area contributed by atoms with E-state index in [1.807, 2.05) is 37.3 Å². The van der Waals surface area contributed by atoms with Crippen LogP contribution in [0.4, 0.5) is 5.82 Å². The quantitative estimate of drug-likeness (QED) is 0.782. The highest BCUT2D eigenvalue weighted by molar-refractivity contribution is 5.37. The highest BCUT2D eigenvalue weighted by Gasteiger charge is 2.10. The summed E-state index contributed by atoms with van der Waals surface area (Å²) in [5.41, 5.74) is 0.451. The molecule has 2 N–H and O–H groups in total. The van der Waals surface area contributed by atoms with Crippen LogP contribution in [0.3, 0.4) is 0 Å². The highest BCUT2D eigenvalue weighted by Crippen LogP contribution is 2.07. The lowest BCUT2D eigenvalue weighted by atomic mass is 10.1. The van der Waals surface area contributed by atoms with Gasteiger partial charge in [0.05, 0.1) is 5.60 Å². The van der Waals surface area contributed by atoms with Gasteiger partial charge < -0.3 is 15.3 Å². The van der Waals surface area contributed by atoms with Crippen LogP contribution >= 0.6 is 0 Å². The first-order chi connectivity index (χ1) is 7.38. The molecule has 1 aromatic rings. The average molecular weight is 223 g/mol. The molecule has 4 nitrogen and oxygen atoms in total. The fourth-order valence-electron chi connectivity index (χ4n) is 1.30. The monoisotopic (exact) mass is 223 g/mol. The van der Waals surface area contributed by atoms with E-state index in [1.165, 1.54) is 0 Å². The van der Waals surface area contributed by atoms with Gasteiger partial charge in [-0.05, 0) is 25.5 Å². The summed E-state index contributed by atoms with van der Waals surface area (Å²) in [6, 6.07) is 4.03. The molecular weight excluding hydrogens is 202 g/mol. The number of hydrogen-bond acceptors (Lipinski definition) is 4. The second-order valence-electron chi connectivity index (χ2n) is 4.84. The van der Waals surface area contributed by atoms with E-state index in [9.17, 15) is 5.11 Å². The van der Waals surface area contributed by atoms with E-state index in [2.05, 4.69) is 10.3 Å². The Balaban J connectivity index is 2.44. The summed E-state index contributed by atoms with van der Waals surface area (Å²) >= 11 is 0. The summed E-state index contributed by atoms with van der Waals surface area (Å²) in [6.07, 6.45) is 1.85. The third-order valence-corrected chi connectivity index (χ3v) is 2.15. The smallest absolute Gasteiger partial charge is 0.127 e. The first-order valence-corrected chi connectivity index (χ1v) is 5.44. The topological polar surface area (TPSA) is 48.4 Å². The second kappa shape index (κ2) is 5.27. The SMILES string of the molecule is CN(C)c1ccc(CNCC(C)(C)O)cn1. The molecule has 0 aliphatic rings. The van der Waals surface area contributed by atoms with Gasteiger partial charge in [0.1, 0.15) is 5.82 Å². The Morgan fingerprint density at radius 2 is 2.06 bits per heavy atom. The van der Waals surface area contributed by atoms with Crippen LogP contribution < -0.4 is 10.2 Å². The number of nitrogens with one attached hydrogen (secondary N) is 1. The number of aromatic nitrogens is 1. The Morgan fingerprint density at radius 3 is 2.50 bits per heavy atom. The maximum absolute atomic E-state index is 9.53. The fourth-order valence-corrected chi connectivity index (χ4v) is 1.30. The largest absolute Gasteiger partial charge is 0.389 e. The van der Waals surface area contributed by atoms with Crippen molar-refractivity contribution in [2.24, 2.45) is 0 Å². The molecule has 16 heavy (non-hydrogen) atoms. The molecule has 0 radical (unpaired) electrons. The number of anilines is 1. The summed E-state index contributed by atoms with van der Waals surface area (Å²) in [6.45, 7) is 4.87. The van der Waals surface area contributed by atoms with Crippen molar-refractivity contribution in [1.82, 2.24) is 10.3 Å². The van der Waals surface area contributed by atoms with Gasteiger partial charge in [0, 0.05) is 33.4 Å². The van der Waals surface area contributed by atoms with Gasteiger partial charge in [-0.3, -0.25) is 0 Å². The first kappa shape index (κ1) is 12.9. The molecule has 0 aliphatic heterocycles. The maximum Gasteiger partial charge on any atom is 0.127 e. The predicted molar refractivity (Wildman–Crippen MR) is 66.6 cm³/mol. The van der Waals surface area contributed by atoms with Crippen molar-refractivity contribution >= 4 is 5.82 Å². The van der Waals surface area contributed by atoms with Crippen molar-refractivity contribution < 1.29 is 5.11 Å². The van der Waals surface area contributed by atoms with Crippen LogP contribution in [0.2, 0.25) is 0 Å². The second-order valence-corrected chi connectivity index (χ2v) is 4.84. The zero-order valence-electron chi connectivity index (χ0n) is 10.5. The van der Waals surface area contributed by atoms with Crippen LogP contribution in [0.25, 0.3) is 0 Å². The molecule has 0 spiro atoms. The van der Waals surface area contributed by atoms with Crippen LogP contribution in [0.1, 0.15) is 19.4 Å². The Morgan fingerprint density at radius 1 is 1.38 bits per heavy atom. The first-order valence-electron chi connectivity index (χ1n) is 5.44. The molecule has 0 saturated heterocycles. The summed E-state index contributed by atoms with van der Waals surface area (Å²) in [7, 11) is 3.93. The van der Waals surface area contributed by atoms with Crippen molar-refractivity contribution in [2.75, 3.05) is 25.5 Å². The van der Waals surface area contributed by atoms with Gasteiger partial charge >= 0.3 is 0 Å². The molecule has 0 amide bonds. The number of nitrogens with zero attached hydrogens (tertiary/aromatic N) is 2. The Bertz CT molecular complexity index is 314. The van der Waals surface area contributed by atoms with E-state index in [1.54, 1.807) is 13.8 Å². The van der Waals surface area contributed by atoms with Crippen molar-refractivity contribution in [2.45, 2.75) is 26.0 Å². The zero-order chi connectivity index (χ0) is 12.2. The van der Waals surface area contributed by atoms with Gasteiger partial charge in [0.25, 0.3) is 0 Å². The molecule has 1 heterocycles. The molecule has 1 aromatic heterocycles. The van der Waals surface area contributed by atoms with Crippen molar-refractivity contribution in [3.05, 3.63) is 23.9 Å². The van der Waals surface area contributed by atoms with Gasteiger partial charge in [0.2, 0.25) is 0 Å². The van der Waals surface area contributed by atoms with Crippen molar-refractivity contribution in [3.8, 4) is 0 Å². The number of pyridine rings is 1. The minimum atomic E-state index is -0.670. The third-order valence-electron chi connectivity index (χ3n) is 2.15. The summed E-state index contributed by atoms with van der Waals surface area (Å²) in [5, 5.41) is 12.7. The molecular formula is C12H21N3O. The van der Waals surface area contributed by atoms with Gasteiger partial charge in [-0.25, -0.2) is 4.98 Å². The van der Waals surface area contributed by atoms with Gasteiger partial charge in [0.15, 0.2) is 0 Å². The standard InChI is InChI=1S/C12H21N3O/c1-12(2,16)9-13-7-10-5-6-11(14-8-10)15(3)4/h5-6,8,13,16H,7,9H2,1-4H3. The summed E-state index contributed by atoms with van der Waals surface area (Å²) in [5.74, 6) is 0.950. The van der Waals surface area contributed by atoms with E-state index >= 15 is 0 Å². The van der Waals surface area contributed by atoms with Crippen LogP contribution in [0, 0.1) is 0 Å². The molecule has 90 valence electrons. The Kier molecular flexibility index (Phi) is 4.26. The van der Waals surface area contributed by atoms with E-state index in [-0.39, 0.29) is 0 Å². The maximum atomic E-state index is 9.53. The molecule has 0 fully saturated rings. The summed E-state index contributed by atoms with van der Waals surface area (Å²) in [4.78, 5) is 6.28. The molecule has 0 aromatic carbocycles. The lowest BCUT2D eigenvalue weighted by Crippen LogP contribution is -2.34. The van der Waals surface area contributed by atoms with E-state index < -0.39 is 5.60 Å². The zero-order valence-corrected chi connectivity index (χ0v) is 10.5. The molecule has 1 rings (SSSR count). The van der Waals surface area contributed by atoms with Gasteiger partial charge in [-0.2, -0.15) is 0 Å². The minimum absolute atomic E-state index is 0.572. The lowest BCUT2D eigenvalue weighted by molar-refractivity contribution is 0.0795. The van der Waals surface area contributed by atoms with Crippen LogP contribution in [-0.4, -0.2) is 36.3 Å². The predicted octanol–water partition coefficient (Wildman–Crippen LogP) is 1.01. The van der Waals surface area contributed by atoms with Crippen LogP contribution in [0.15, 0.2) is 18.3 Å². The van der Waals surface area contributed by atoms with Crippen molar-refractivity contribution in [1.29, 1.82) is 0 Å². The molecule has 0 unspecified atom stereocenters. The lowest BCUT2D eigenvalue weighted by Gasteiger charge is -2.17. The number of hydrogen-bond donors (Lipinski definition) is 2. The van der Waals surface area contributed by atoms with Crippen LogP contribution in [0.5, 0.6) is 0 Å². The minimum Gasteiger partial charge on any atom is -0.389 e. The van der Waals surface area contributed by atoms with E-state index in [0.29, 0.717) is 6.54 Å². The van der Waals surface area contributed by atoms with Gasteiger partial charge in [-0.15, -0.1) is 0 Å². The molecule has 0 saturated carbocycles. The molecule has 0 atom stereocenters. The normalized spacial score (nSPS) is 11.6. The Hall–Kier alpha value is -1.13. The molecule has 0 aliphatic carbocycles. The summed E-state index contributed by atoms with van der Waals surface area (Å²) < 4.78 is 0. The third kappa shape index (κ3) is 4.59. The number of aliphatic hydroxyl groups is 1. The van der Waals surface area contributed by atoms with Crippen LogP contribution in [-0.2, 0) is 6.54 Å². The number of rotatable bonds is 5. The Labute approximate surface area is 97.3 Å². The molecule has 4 heteroatoms. The fraction of sp³-hybridized carbons (Fsp3) is 0.583. The molecule has 0 bridgehead atoms. The van der Waals surface area contributed by atoms with E-state index in [4.69, 9.17) is 0 Å². The van der Waals surface area contributed by atoms with E-state index in [0.717, 1.165) is 17.9 Å². The highest BCUT2D eigenvalue weighted by atomic mass is 16.3.